The smallest absolute Gasteiger partial charge is 0.127 e. The summed E-state index contributed by atoms with van der Waals surface area (Å²) in [6.45, 7) is 3.40. The van der Waals surface area contributed by atoms with Crippen molar-refractivity contribution in [2.75, 3.05) is 6.54 Å². The van der Waals surface area contributed by atoms with E-state index in [9.17, 15) is 4.39 Å². The van der Waals surface area contributed by atoms with Crippen molar-refractivity contribution in [3.8, 4) is 11.1 Å². The van der Waals surface area contributed by atoms with E-state index in [4.69, 9.17) is 0 Å². The molecule has 0 heterocycles. The van der Waals surface area contributed by atoms with Crippen molar-refractivity contribution in [1.29, 1.82) is 0 Å². The zero-order valence-electron chi connectivity index (χ0n) is 10.2. The molecule has 94 valence electrons. The lowest BCUT2D eigenvalue weighted by molar-refractivity contribution is 0.593. The van der Waals surface area contributed by atoms with Crippen LogP contribution in [0.15, 0.2) is 46.9 Å². The Morgan fingerprint density at radius 3 is 2.67 bits per heavy atom. The Hall–Kier alpha value is -1.19. The minimum atomic E-state index is -0.160. The lowest BCUT2D eigenvalue weighted by atomic mass is 10.0. The SMILES string of the molecule is CCNCc1cc(-c2ccccc2Br)ccc1F. The maximum absolute atomic E-state index is 13.7. The average molecular weight is 308 g/mol. The second-order valence-electron chi connectivity index (χ2n) is 4.07. The third-order valence-electron chi connectivity index (χ3n) is 2.80. The monoisotopic (exact) mass is 307 g/mol. The molecule has 0 amide bonds. The number of hydrogen-bond acceptors (Lipinski definition) is 1. The molecule has 0 radical (unpaired) electrons. The van der Waals surface area contributed by atoms with E-state index in [-0.39, 0.29) is 5.82 Å². The molecule has 2 aromatic carbocycles. The summed E-state index contributed by atoms with van der Waals surface area (Å²) in [5.74, 6) is -0.160. The Labute approximate surface area is 115 Å². The number of hydrogen-bond donors (Lipinski definition) is 1. The summed E-state index contributed by atoms with van der Waals surface area (Å²) in [7, 11) is 0. The van der Waals surface area contributed by atoms with Gasteiger partial charge in [-0.3, -0.25) is 0 Å². The quantitative estimate of drug-likeness (QED) is 0.884. The fourth-order valence-corrected chi connectivity index (χ4v) is 2.35. The van der Waals surface area contributed by atoms with E-state index in [1.165, 1.54) is 6.07 Å². The van der Waals surface area contributed by atoms with Gasteiger partial charge in [-0.25, -0.2) is 4.39 Å². The highest BCUT2D eigenvalue weighted by molar-refractivity contribution is 9.10. The summed E-state index contributed by atoms with van der Waals surface area (Å²) in [4.78, 5) is 0. The minimum Gasteiger partial charge on any atom is -0.313 e. The maximum atomic E-state index is 13.7. The van der Waals surface area contributed by atoms with Crippen LogP contribution in [0.2, 0.25) is 0 Å². The van der Waals surface area contributed by atoms with Crippen LogP contribution < -0.4 is 5.32 Å². The Balaban J connectivity index is 2.38. The van der Waals surface area contributed by atoms with Crippen LogP contribution in [0.5, 0.6) is 0 Å². The van der Waals surface area contributed by atoms with Crippen LogP contribution >= 0.6 is 15.9 Å². The molecule has 0 unspecified atom stereocenters. The number of rotatable bonds is 4. The molecule has 0 atom stereocenters. The van der Waals surface area contributed by atoms with Crippen molar-refractivity contribution in [2.45, 2.75) is 13.5 Å². The van der Waals surface area contributed by atoms with Crippen LogP contribution in [0.1, 0.15) is 12.5 Å². The van der Waals surface area contributed by atoms with Gasteiger partial charge >= 0.3 is 0 Å². The van der Waals surface area contributed by atoms with Crippen molar-refractivity contribution in [3.63, 3.8) is 0 Å². The van der Waals surface area contributed by atoms with Gasteiger partial charge in [0.1, 0.15) is 5.82 Å². The molecular weight excluding hydrogens is 293 g/mol. The summed E-state index contributed by atoms with van der Waals surface area (Å²) < 4.78 is 14.7. The van der Waals surface area contributed by atoms with Gasteiger partial charge in [0.15, 0.2) is 0 Å². The average Bonchev–Trinajstić information content (AvgIpc) is 2.39. The Morgan fingerprint density at radius 1 is 1.17 bits per heavy atom. The molecule has 0 spiro atoms. The predicted octanol–water partition coefficient (Wildman–Crippen LogP) is 4.36. The van der Waals surface area contributed by atoms with Gasteiger partial charge in [0.05, 0.1) is 0 Å². The zero-order chi connectivity index (χ0) is 13.0. The number of benzene rings is 2. The molecule has 3 heteroatoms. The standard InChI is InChI=1S/C15H15BrFN/c1-2-18-10-12-9-11(7-8-15(12)17)13-5-3-4-6-14(13)16/h3-9,18H,2,10H2,1H3. The fourth-order valence-electron chi connectivity index (χ4n) is 1.83. The molecule has 0 aliphatic carbocycles. The van der Waals surface area contributed by atoms with Crippen molar-refractivity contribution >= 4 is 15.9 Å². The highest BCUT2D eigenvalue weighted by atomic mass is 79.9. The fraction of sp³-hybridized carbons (Fsp3) is 0.200. The third-order valence-corrected chi connectivity index (χ3v) is 3.49. The van der Waals surface area contributed by atoms with Crippen molar-refractivity contribution in [3.05, 3.63) is 58.3 Å². The molecule has 0 fully saturated rings. The van der Waals surface area contributed by atoms with Gasteiger partial charge in [0.25, 0.3) is 0 Å². The van der Waals surface area contributed by atoms with E-state index in [1.54, 1.807) is 0 Å². The summed E-state index contributed by atoms with van der Waals surface area (Å²) in [5.41, 5.74) is 2.80. The lowest BCUT2D eigenvalue weighted by Crippen LogP contribution is -2.12. The minimum absolute atomic E-state index is 0.160. The van der Waals surface area contributed by atoms with Gasteiger partial charge in [0.2, 0.25) is 0 Å². The topological polar surface area (TPSA) is 12.0 Å². The Kier molecular flexibility index (Phi) is 4.50. The van der Waals surface area contributed by atoms with Crippen molar-refractivity contribution in [1.82, 2.24) is 5.32 Å². The van der Waals surface area contributed by atoms with Crippen LogP contribution in [-0.2, 0) is 6.54 Å². The highest BCUT2D eigenvalue weighted by Crippen LogP contribution is 2.29. The van der Waals surface area contributed by atoms with Gasteiger partial charge in [-0.05, 0) is 35.9 Å². The van der Waals surface area contributed by atoms with E-state index in [0.717, 1.165) is 22.1 Å². The molecule has 0 saturated carbocycles. The summed E-state index contributed by atoms with van der Waals surface area (Å²) in [6, 6.07) is 13.2. The Morgan fingerprint density at radius 2 is 1.94 bits per heavy atom. The molecule has 1 N–H and O–H groups in total. The molecule has 2 aromatic rings. The molecule has 0 bridgehead atoms. The highest BCUT2D eigenvalue weighted by Gasteiger charge is 2.06. The van der Waals surface area contributed by atoms with E-state index < -0.39 is 0 Å². The summed E-state index contributed by atoms with van der Waals surface area (Å²) in [6.07, 6.45) is 0. The van der Waals surface area contributed by atoms with E-state index in [0.29, 0.717) is 12.1 Å². The van der Waals surface area contributed by atoms with Crippen molar-refractivity contribution < 1.29 is 4.39 Å². The van der Waals surface area contributed by atoms with Crippen LogP contribution in [0.4, 0.5) is 4.39 Å². The molecule has 1 nitrogen and oxygen atoms in total. The largest absolute Gasteiger partial charge is 0.313 e. The van der Waals surface area contributed by atoms with Crippen LogP contribution in [0.3, 0.4) is 0 Å². The molecule has 0 aliphatic rings. The van der Waals surface area contributed by atoms with Crippen molar-refractivity contribution in [2.24, 2.45) is 0 Å². The molecule has 2 rings (SSSR count). The lowest BCUT2D eigenvalue weighted by Gasteiger charge is -2.09. The van der Waals surface area contributed by atoms with Gasteiger partial charge in [0, 0.05) is 16.6 Å². The third kappa shape index (κ3) is 2.98. The predicted molar refractivity (Wildman–Crippen MR) is 76.9 cm³/mol. The van der Waals surface area contributed by atoms with Gasteiger partial charge in [-0.15, -0.1) is 0 Å². The number of halogens is 2. The maximum Gasteiger partial charge on any atom is 0.127 e. The zero-order valence-corrected chi connectivity index (χ0v) is 11.8. The first kappa shape index (κ1) is 13.2. The summed E-state index contributed by atoms with van der Waals surface area (Å²) in [5, 5.41) is 3.15. The first-order valence-corrected chi connectivity index (χ1v) is 6.75. The molecule has 0 aromatic heterocycles. The van der Waals surface area contributed by atoms with E-state index in [2.05, 4.69) is 21.2 Å². The van der Waals surface area contributed by atoms with Gasteiger partial charge < -0.3 is 5.32 Å². The van der Waals surface area contributed by atoms with E-state index in [1.807, 2.05) is 43.3 Å². The molecule has 18 heavy (non-hydrogen) atoms. The van der Waals surface area contributed by atoms with Gasteiger partial charge in [-0.1, -0.05) is 47.1 Å². The molecule has 0 aliphatic heterocycles. The Bertz CT molecular complexity index is 540. The van der Waals surface area contributed by atoms with Crippen LogP contribution in [0.25, 0.3) is 11.1 Å². The second kappa shape index (κ2) is 6.12. The molecule has 0 saturated heterocycles. The first-order valence-electron chi connectivity index (χ1n) is 5.96. The first-order chi connectivity index (χ1) is 8.72. The summed E-state index contributed by atoms with van der Waals surface area (Å²) >= 11 is 3.52. The van der Waals surface area contributed by atoms with Crippen LogP contribution in [-0.4, -0.2) is 6.54 Å². The normalized spacial score (nSPS) is 10.6. The van der Waals surface area contributed by atoms with Gasteiger partial charge in [-0.2, -0.15) is 0 Å². The second-order valence-corrected chi connectivity index (χ2v) is 4.92. The van der Waals surface area contributed by atoms with Crippen LogP contribution in [0, 0.1) is 5.82 Å². The van der Waals surface area contributed by atoms with E-state index >= 15 is 0 Å². The molecular formula is C15H15BrFN. The number of nitrogens with one attached hydrogen (secondary N) is 1.